The zero-order valence-corrected chi connectivity index (χ0v) is 19.8. The molecule has 0 unspecified atom stereocenters. The van der Waals surface area contributed by atoms with Crippen molar-refractivity contribution in [3.63, 3.8) is 0 Å². The van der Waals surface area contributed by atoms with E-state index >= 15 is 0 Å². The predicted octanol–water partition coefficient (Wildman–Crippen LogP) is 4.69. The molecule has 1 aromatic carbocycles. The van der Waals surface area contributed by atoms with Gasteiger partial charge in [0, 0.05) is 23.1 Å². The minimum Gasteiger partial charge on any atom is -0.462 e. The second-order valence-electron chi connectivity index (χ2n) is 7.64. The summed E-state index contributed by atoms with van der Waals surface area (Å²) in [7, 11) is 0. The predicted molar refractivity (Wildman–Crippen MR) is 128 cm³/mol. The molecule has 9 nitrogen and oxygen atoms in total. The molecule has 0 fully saturated rings. The number of benzene rings is 1. The van der Waals surface area contributed by atoms with E-state index in [9.17, 15) is 24.5 Å². The number of nitrogens with one attached hydrogen (secondary N) is 1. The van der Waals surface area contributed by atoms with Gasteiger partial charge in [-0.2, -0.15) is 0 Å². The second-order valence-corrected chi connectivity index (χ2v) is 8.75. The summed E-state index contributed by atoms with van der Waals surface area (Å²) in [4.78, 5) is 49.0. The molecule has 0 saturated heterocycles. The van der Waals surface area contributed by atoms with Gasteiger partial charge in [-0.25, -0.2) is 9.59 Å². The Morgan fingerprint density at radius 2 is 1.88 bits per heavy atom. The lowest BCUT2D eigenvalue weighted by Gasteiger charge is -2.15. The second kappa shape index (κ2) is 11.6. The minimum absolute atomic E-state index is 0.0557. The Morgan fingerprint density at radius 3 is 2.53 bits per heavy atom. The molecule has 3 rings (SSSR count). The van der Waals surface area contributed by atoms with Crippen LogP contribution < -0.4 is 5.32 Å². The number of aryl methyl sites for hydroxylation is 1. The molecule has 1 atom stereocenters. The summed E-state index contributed by atoms with van der Waals surface area (Å²) in [6.45, 7) is 3.67. The SMILES string of the molecule is CCOC(=O)c1c(NC(=O)[C@@H](CC)OC(=O)/C=C/c2ccc([N+](=O)[O-])cc2)sc2c1CCCC2. The maximum atomic E-state index is 12.9. The lowest BCUT2D eigenvalue weighted by atomic mass is 9.95. The minimum atomic E-state index is -1.05. The number of thiophene rings is 1. The molecule has 1 aliphatic carbocycles. The van der Waals surface area contributed by atoms with Crippen molar-refractivity contribution in [3.8, 4) is 0 Å². The molecule has 34 heavy (non-hydrogen) atoms. The van der Waals surface area contributed by atoms with Gasteiger partial charge in [-0.1, -0.05) is 6.92 Å². The molecule has 0 spiro atoms. The quantitative estimate of drug-likeness (QED) is 0.236. The summed E-state index contributed by atoms with van der Waals surface area (Å²) in [6, 6.07) is 5.66. The van der Waals surface area contributed by atoms with E-state index in [1.807, 2.05) is 0 Å². The Morgan fingerprint density at radius 1 is 1.18 bits per heavy atom. The Kier molecular flexibility index (Phi) is 8.53. The first-order chi connectivity index (χ1) is 16.3. The maximum absolute atomic E-state index is 12.9. The van der Waals surface area contributed by atoms with E-state index < -0.39 is 28.9 Å². The van der Waals surface area contributed by atoms with E-state index in [0.29, 0.717) is 16.1 Å². The maximum Gasteiger partial charge on any atom is 0.341 e. The van der Waals surface area contributed by atoms with Gasteiger partial charge in [-0.3, -0.25) is 14.9 Å². The number of amides is 1. The zero-order valence-electron chi connectivity index (χ0n) is 19.0. The van der Waals surface area contributed by atoms with Crippen LogP contribution in [-0.2, 0) is 31.9 Å². The van der Waals surface area contributed by atoms with Crippen molar-refractivity contribution in [2.75, 3.05) is 11.9 Å². The number of hydrogen-bond donors (Lipinski definition) is 1. The Labute approximate surface area is 200 Å². The molecule has 1 aromatic heterocycles. The number of fused-ring (bicyclic) bond motifs is 1. The first-order valence-electron chi connectivity index (χ1n) is 11.1. The first kappa shape index (κ1) is 25.1. The average molecular weight is 487 g/mol. The standard InChI is InChI=1S/C24H26N2O7S/c1-3-18(33-20(27)14-11-15-9-12-16(13-10-15)26(30)31)22(28)25-23-21(24(29)32-4-2)17-7-5-6-8-19(17)34-23/h9-14,18H,3-8H2,1-2H3,(H,25,28)/b14-11+/t18-/m1/s1. The zero-order chi connectivity index (χ0) is 24.7. The fourth-order valence-electron chi connectivity index (χ4n) is 3.64. The molecular formula is C24H26N2O7S. The molecule has 1 aliphatic rings. The third-order valence-electron chi connectivity index (χ3n) is 5.33. The van der Waals surface area contributed by atoms with Crippen LogP contribution in [0.3, 0.4) is 0 Å². The van der Waals surface area contributed by atoms with Gasteiger partial charge >= 0.3 is 11.9 Å². The normalized spacial score (nSPS) is 13.7. The van der Waals surface area contributed by atoms with Gasteiger partial charge in [0.25, 0.3) is 11.6 Å². The average Bonchev–Trinajstić information content (AvgIpc) is 3.19. The van der Waals surface area contributed by atoms with Gasteiger partial charge in [-0.15, -0.1) is 11.3 Å². The molecule has 1 heterocycles. The fraction of sp³-hybridized carbons (Fsp3) is 0.375. The van der Waals surface area contributed by atoms with Crippen molar-refractivity contribution in [3.05, 3.63) is 62.0 Å². The van der Waals surface area contributed by atoms with E-state index in [2.05, 4.69) is 5.32 Å². The van der Waals surface area contributed by atoms with Crippen LogP contribution in [0.25, 0.3) is 6.08 Å². The monoisotopic (exact) mass is 486 g/mol. The number of non-ortho nitro benzene ring substituents is 1. The molecule has 0 radical (unpaired) electrons. The third kappa shape index (κ3) is 6.07. The van der Waals surface area contributed by atoms with E-state index in [1.165, 1.54) is 41.7 Å². The van der Waals surface area contributed by atoms with Crippen LogP contribution in [0.15, 0.2) is 30.3 Å². The molecule has 1 amide bonds. The van der Waals surface area contributed by atoms with E-state index in [0.717, 1.165) is 42.2 Å². The molecule has 10 heteroatoms. The molecule has 0 saturated carbocycles. The molecule has 1 N–H and O–H groups in total. The van der Waals surface area contributed by atoms with Crippen LogP contribution in [0.2, 0.25) is 0 Å². The largest absolute Gasteiger partial charge is 0.462 e. The van der Waals surface area contributed by atoms with Crippen molar-refractivity contribution in [2.45, 2.75) is 52.1 Å². The molecule has 180 valence electrons. The van der Waals surface area contributed by atoms with Gasteiger partial charge in [0.1, 0.15) is 5.00 Å². The molecular weight excluding hydrogens is 460 g/mol. The lowest BCUT2D eigenvalue weighted by Crippen LogP contribution is -2.31. The van der Waals surface area contributed by atoms with Crippen LogP contribution in [0.1, 0.15) is 59.5 Å². The topological polar surface area (TPSA) is 125 Å². The number of rotatable bonds is 9. The van der Waals surface area contributed by atoms with Crippen molar-refractivity contribution in [1.82, 2.24) is 0 Å². The summed E-state index contributed by atoms with van der Waals surface area (Å²) in [5.74, 6) is -1.71. The number of hydrogen-bond acceptors (Lipinski definition) is 8. The van der Waals surface area contributed by atoms with E-state index in [-0.39, 0.29) is 18.7 Å². The molecule has 0 bridgehead atoms. The van der Waals surface area contributed by atoms with Crippen LogP contribution in [-0.4, -0.2) is 35.5 Å². The van der Waals surface area contributed by atoms with Crippen LogP contribution in [0.5, 0.6) is 0 Å². The summed E-state index contributed by atoms with van der Waals surface area (Å²) >= 11 is 1.37. The van der Waals surface area contributed by atoms with Gasteiger partial charge in [0.15, 0.2) is 6.10 Å². The Bertz CT molecular complexity index is 1110. The highest BCUT2D eigenvalue weighted by Crippen LogP contribution is 2.38. The smallest absolute Gasteiger partial charge is 0.341 e. The highest BCUT2D eigenvalue weighted by atomic mass is 32.1. The van der Waals surface area contributed by atoms with Crippen LogP contribution in [0.4, 0.5) is 10.7 Å². The number of esters is 2. The summed E-state index contributed by atoms with van der Waals surface area (Å²) in [5.41, 5.74) is 1.85. The molecule has 0 aliphatic heterocycles. The van der Waals surface area contributed by atoms with Gasteiger partial charge in [0.05, 0.1) is 17.1 Å². The number of carbonyl (C=O) groups excluding carboxylic acids is 3. The highest BCUT2D eigenvalue weighted by molar-refractivity contribution is 7.17. The summed E-state index contributed by atoms with van der Waals surface area (Å²) in [5, 5.41) is 13.9. The highest BCUT2D eigenvalue weighted by Gasteiger charge is 2.29. The van der Waals surface area contributed by atoms with Crippen molar-refractivity contribution >= 4 is 45.9 Å². The third-order valence-corrected chi connectivity index (χ3v) is 6.53. The Balaban J connectivity index is 1.68. The van der Waals surface area contributed by atoms with Gasteiger partial charge in [-0.05, 0) is 68.4 Å². The number of nitro benzene ring substituents is 1. The fourth-order valence-corrected chi connectivity index (χ4v) is 4.92. The Hall–Kier alpha value is -3.53. The number of anilines is 1. The molecule has 2 aromatic rings. The lowest BCUT2D eigenvalue weighted by molar-refractivity contribution is -0.384. The first-order valence-corrected chi connectivity index (χ1v) is 11.9. The van der Waals surface area contributed by atoms with Crippen LogP contribution in [0, 0.1) is 10.1 Å². The van der Waals surface area contributed by atoms with E-state index in [4.69, 9.17) is 9.47 Å². The summed E-state index contributed by atoms with van der Waals surface area (Å²) in [6.07, 6.45) is 5.40. The number of ether oxygens (including phenoxy) is 2. The number of nitro groups is 1. The van der Waals surface area contributed by atoms with Gasteiger partial charge < -0.3 is 14.8 Å². The van der Waals surface area contributed by atoms with Crippen LogP contribution >= 0.6 is 11.3 Å². The van der Waals surface area contributed by atoms with Crippen molar-refractivity contribution < 1.29 is 28.8 Å². The van der Waals surface area contributed by atoms with Crippen molar-refractivity contribution in [2.24, 2.45) is 0 Å². The van der Waals surface area contributed by atoms with Crippen molar-refractivity contribution in [1.29, 1.82) is 0 Å². The number of carbonyl (C=O) groups is 3. The van der Waals surface area contributed by atoms with Gasteiger partial charge in [0.2, 0.25) is 0 Å². The number of nitrogens with zero attached hydrogens (tertiary/aromatic N) is 1. The summed E-state index contributed by atoms with van der Waals surface area (Å²) < 4.78 is 10.5. The van der Waals surface area contributed by atoms with E-state index in [1.54, 1.807) is 13.8 Å².